The van der Waals surface area contributed by atoms with E-state index < -0.39 is 13.1 Å². The van der Waals surface area contributed by atoms with E-state index in [9.17, 15) is 9.59 Å². The maximum atomic E-state index is 11.8. The van der Waals surface area contributed by atoms with Crippen molar-refractivity contribution in [1.29, 1.82) is 0 Å². The molecule has 2 rings (SSSR count). The molecule has 0 unspecified atom stereocenters. The van der Waals surface area contributed by atoms with Crippen LogP contribution >= 0.6 is 0 Å². The fourth-order valence-corrected chi connectivity index (χ4v) is 1.69. The van der Waals surface area contributed by atoms with Gasteiger partial charge in [-0.2, -0.15) is 0 Å². The van der Waals surface area contributed by atoms with Crippen LogP contribution in [-0.4, -0.2) is 29.4 Å². The Hall–Kier alpha value is -2.44. The van der Waals surface area contributed by atoms with Crippen LogP contribution in [-0.2, 0) is 0 Å². The largest absolute Gasteiger partial charge is 0.489 e. The Morgan fingerprint density at radius 2 is 1.80 bits per heavy atom. The Bertz CT molecular complexity index is 625. The molecule has 100 valence electrons. The second-order valence-corrected chi connectivity index (χ2v) is 4.04. The highest BCUT2D eigenvalue weighted by Crippen LogP contribution is 2.13. The quantitative estimate of drug-likeness (QED) is 0.363. The zero-order valence-corrected chi connectivity index (χ0v) is 10.4. The molecule has 5 nitrogen and oxygen atoms in total. The van der Waals surface area contributed by atoms with E-state index in [0.717, 1.165) is 0 Å². The third-order valence-corrected chi connectivity index (χ3v) is 2.68. The van der Waals surface area contributed by atoms with Crippen molar-refractivity contribution in [3.05, 3.63) is 59.7 Å². The minimum absolute atomic E-state index is 0.0540. The maximum absolute atomic E-state index is 11.8. The summed E-state index contributed by atoms with van der Waals surface area (Å²) in [4.78, 5) is 22.7. The summed E-state index contributed by atoms with van der Waals surface area (Å²) in [6.45, 7) is 0. The summed E-state index contributed by atoms with van der Waals surface area (Å²) in [6, 6.07) is 12.4. The van der Waals surface area contributed by atoms with Gasteiger partial charge >= 0.3 is 13.1 Å². The Balaban J connectivity index is 2.22. The molecule has 0 atom stereocenters. The van der Waals surface area contributed by atoms with Crippen LogP contribution in [0.4, 0.5) is 0 Å². The van der Waals surface area contributed by atoms with E-state index in [-0.39, 0.29) is 16.8 Å². The van der Waals surface area contributed by atoms with Gasteiger partial charge in [-0.15, -0.1) is 0 Å². The van der Waals surface area contributed by atoms with Crippen LogP contribution in [0.2, 0.25) is 0 Å². The van der Waals surface area contributed by atoms with Crippen LogP contribution in [0.3, 0.4) is 0 Å². The molecule has 0 spiro atoms. The Labute approximate surface area is 115 Å². The van der Waals surface area contributed by atoms with Gasteiger partial charge < -0.3 is 14.8 Å². The molecule has 0 saturated heterocycles. The van der Waals surface area contributed by atoms with Crippen molar-refractivity contribution in [2.24, 2.45) is 0 Å². The smallest absolute Gasteiger partial charge is 0.423 e. The van der Waals surface area contributed by atoms with Crippen LogP contribution in [0.25, 0.3) is 0 Å². The average Bonchev–Trinajstić information content (AvgIpc) is 2.47. The van der Waals surface area contributed by atoms with Crippen LogP contribution in [0.1, 0.15) is 20.7 Å². The van der Waals surface area contributed by atoms with Crippen molar-refractivity contribution in [2.45, 2.75) is 0 Å². The molecule has 0 bridgehead atoms. The van der Waals surface area contributed by atoms with Crippen molar-refractivity contribution >= 4 is 24.8 Å². The van der Waals surface area contributed by atoms with Gasteiger partial charge in [0, 0.05) is 5.56 Å². The van der Waals surface area contributed by atoms with Crippen LogP contribution in [0.5, 0.6) is 5.75 Å². The number of carbonyl (C=O) groups is 2. The predicted octanol–water partition coefficient (Wildman–Crippen LogP) is 0.398. The number of aldehydes is 1. The molecule has 6 heteroatoms. The molecule has 0 amide bonds. The van der Waals surface area contributed by atoms with Crippen molar-refractivity contribution in [1.82, 2.24) is 0 Å². The number of ether oxygens (including phenoxy) is 1. The normalized spacial score (nSPS) is 9.90. The molecule has 0 radical (unpaired) electrons. The van der Waals surface area contributed by atoms with Crippen LogP contribution in [0, 0.1) is 0 Å². The van der Waals surface area contributed by atoms with Crippen molar-refractivity contribution in [3.8, 4) is 5.75 Å². The van der Waals surface area contributed by atoms with Gasteiger partial charge in [-0.3, -0.25) is 4.79 Å². The third kappa shape index (κ3) is 3.11. The number of carbonyl (C=O) groups excluding carboxylic acids is 2. The molecule has 0 aromatic heterocycles. The SMILES string of the molecule is O=Cc1cc(OC(=O)c2ccccc2)ccc1B(O)O. The first-order valence-electron chi connectivity index (χ1n) is 5.84. The van der Waals surface area contributed by atoms with E-state index >= 15 is 0 Å². The molecular weight excluding hydrogens is 259 g/mol. The lowest BCUT2D eigenvalue weighted by atomic mass is 9.77. The first-order chi connectivity index (χ1) is 9.61. The second kappa shape index (κ2) is 6.14. The summed E-state index contributed by atoms with van der Waals surface area (Å²) in [5.74, 6) is -0.398. The van der Waals surface area contributed by atoms with Crippen LogP contribution in [0.15, 0.2) is 48.5 Å². The van der Waals surface area contributed by atoms with E-state index in [1.54, 1.807) is 30.3 Å². The van der Waals surface area contributed by atoms with Gasteiger partial charge in [0.05, 0.1) is 5.56 Å². The summed E-state index contributed by atoms with van der Waals surface area (Å²) in [6.07, 6.45) is 0.467. The molecule has 0 saturated carbocycles. The first-order valence-corrected chi connectivity index (χ1v) is 5.84. The highest BCUT2D eigenvalue weighted by Gasteiger charge is 2.17. The van der Waals surface area contributed by atoms with Gasteiger partial charge in [0.25, 0.3) is 0 Å². The number of benzene rings is 2. The number of hydrogen-bond acceptors (Lipinski definition) is 5. The van der Waals surface area contributed by atoms with Crippen molar-refractivity contribution in [2.75, 3.05) is 0 Å². The Morgan fingerprint density at radius 3 is 2.40 bits per heavy atom. The zero-order valence-electron chi connectivity index (χ0n) is 10.4. The molecule has 0 aliphatic rings. The number of esters is 1. The fourth-order valence-electron chi connectivity index (χ4n) is 1.69. The number of rotatable bonds is 4. The highest BCUT2D eigenvalue weighted by molar-refractivity contribution is 6.60. The average molecular weight is 270 g/mol. The minimum Gasteiger partial charge on any atom is -0.423 e. The summed E-state index contributed by atoms with van der Waals surface area (Å²) in [5.41, 5.74) is 0.490. The molecule has 0 heterocycles. The molecule has 0 aliphatic heterocycles. The monoisotopic (exact) mass is 270 g/mol. The van der Waals surface area contributed by atoms with E-state index in [1.165, 1.54) is 18.2 Å². The Morgan fingerprint density at radius 1 is 1.10 bits per heavy atom. The van der Waals surface area contributed by atoms with Gasteiger partial charge in [0.2, 0.25) is 0 Å². The summed E-state index contributed by atoms with van der Waals surface area (Å²) in [7, 11) is -1.76. The summed E-state index contributed by atoms with van der Waals surface area (Å²) < 4.78 is 5.12. The van der Waals surface area contributed by atoms with Crippen molar-refractivity contribution in [3.63, 3.8) is 0 Å². The summed E-state index contributed by atoms with van der Waals surface area (Å²) >= 11 is 0. The van der Waals surface area contributed by atoms with Gasteiger partial charge in [-0.1, -0.05) is 24.3 Å². The predicted molar refractivity (Wildman–Crippen MR) is 73.1 cm³/mol. The standard InChI is InChI=1S/C14H11BO5/c16-9-11-8-12(6-7-13(11)15(18)19)20-14(17)10-4-2-1-3-5-10/h1-9,18-19H. The minimum atomic E-state index is -1.76. The second-order valence-electron chi connectivity index (χ2n) is 4.04. The Kier molecular flexibility index (Phi) is 4.29. The van der Waals surface area contributed by atoms with E-state index in [2.05, 4.69) is 0 Å². The lowest BCUT2D eigenvalue weighted by Gasteiger charge is -2.08. The van der Waals surface area contributed by atoms with Gasteiger partial charge in [-0.25, -0.2) is 4.79 Å². The molecular formula is C14H11BO5. The van der Waals surface area contributed by atoms with E-state index in [4.69, 9.17) is 14.8 Å². The first kappa shape index (κ1) is 14.0. The molecule has 20 heavy (non-hydrogen) atoms. The van der Waals surface area contributed by atoms with E-state index in [0.29, 0.717) is 11.8 Å². The summed E-state index contributed by atoms with van der Waals surface area (Å²) in [5, 5.41) is 18.2. The van der Waals surface area contributed by atoms with E-state index in [1.807, 2.05) is 0 Å². The van der Waals surface area contributed by atoms with Crippen LogP contribution < -0.4 is 10.2 Å². The lowest BCUT2D eigenvalue weighted by molar-refractivity contribution is 0.0734. The third-order valence-electron chi connectivity index (χ3n) is 2.68. The topological polar surface area (TPSA) is 83.8 Å². The van der Waals surface area contributed by atoms with Gasteiger partial charge in [0.1, 0.15) is 12.0 Å². The molecule has 2 aromatic carbocycles. The highest BCUT2D eigenvalue weighted by atomic mass is 16.5. The molecule has 0 aliphatic carbocycles. The molecule has 2 aromatic rings. The molecule has 0 fully saturated rings. The fraction of sp³-hybridized carbons (Fsp3) is 0. The lowest BCUT2D eigenvalue weighted by Crippen LogP contribution is -2.32. The van der Waals surface area contributed by atoms with Gasteiger partial charge in [0.15, 0.2) is 0 Å². The van der Waals surface area contributed by atoms with Crippen molar-refractivity contribution < 1.29 is 24.4 Å². The molecule has 2 N–H and O–H groups in total. The maximum Gasteiger partial charge on any atom is 0.489 e. The number of hydrogen-bond donors (Lipinski definition) is 2. The zero-order chi connectivity index (χ0) is 14.5. The van der Waals surface area contributed by atoms with Gasteiger partial charge in [-0.05, 0) is 29.7 Å².